The minimum absolute atomic E-state index is 0.195. The summed E-state index contributed by atoms with van der Waals surface area (Å²) in [5.74, 6) is -0.495. The van der Waals surface area contributed by atoms with Gasteiger partial charge in [0.25, 0.3) is 11.8 Å². The van der Waals surface area contributed by atoms with E-state index < -0.39 is 0 Å². The predicted molar refractivity (Wildman–Crippen MR) is 105 cm³/mol. The van der Waals surface area contributed by atoms with E-state index in [0.29, 0.717) is 5.56 Å². The van der Waals surface area contributed by atoms with Gasteiger partial charge in [-0.25, -0.2) is 0 Å². The average molecular weight is 356 g/mol. The third-order valence-corrected chi connectivity index (χ3v) is 4.78. The van der Waals surface area contributed by atoms with Crippen molar-refractivity contribution in [2.45, 2.75) is 19.4 Å². The lowest BCUT2D eigenvalue weighted by Gasteiger charge is -2.32. The molecule has 1 heterocycles. The van der Waals surface area contributed by atoms with E-state index in [2.05, 4.69) is 0 Å². The minimum Gasteiger partial charge on any atom is -0.272 e. The van der Waals surface area contributed by atoms with E-state index in [-0.39, 0.29) is 24.3 Å². The first kappa shape index (κ1) is 17.0. The first-order valence-corrected chi connectivity index (χ1v) is 8.98. The van der Waals surface area contributed by atoms with Gasteiger partial charge in [-0.05, 0) is 36.8 Å². The lowest BCUT2D eigenvalue weighted by atomic mass is 10.0. The van der Waals surface area contributed by atoms with E-state index in [4.69, 9.17) is 0 Å². The largest absolute Gasteiger partial charge is 0.279 e. The van der Waals surface area contributed by atoms with Gasteiger partial charge in [-0.2, -0.15) is 5.01 Å². The Morgan fingerprint density at radius 1 is 0.889 bits per heavy atom. The standard InChI is InChI=1S/C23H20N2O2/c1-17-9-8-12-19(15-17)23(27)25-22(26)16-21(18-10-4-2-5-11-18)24(25)20-13-6-3-7-14-20/h2-15,21H,16H2,1H3. The van der Waals surface area contributed by atoms with Crippen LogP contribution in [0.3, 0.4) is 0 Å². The summed E-state index contributed by atoms with van der Waals surface area (Å²) in [5, 5.41) is 3.12. The fraction of sp³-hybridized carbons (Fsp3) is 0.130. The molecular weight excluding hydrogens is 336 g/mol. The number of imide groups is 1. The molecule has 2 amide bonds. The number of carbonyl (C=O) groups is 2. The summed E-state index contributed by atoms with van der Waals surface area (Å²) in [7, 11) is 0. The molecule has 1 aliphatic heterocycles. The fourth-order valence-electron chi connectivity index (χ4n) is 3.52. The molecule has 4 nitrogen and oxygen atoms in total. The molecule has 0 spiro atoms. The molecule has 1 unspecified atom stereocenters. The molecule has 3 aromatic carbocycles. The fourth-order valence-corrected chi connectivity index (χ4v) is 3.52. The van der Waals surface area contributed by atoms with Crippen LogP contribution < -0.4 is 5.01 Å². The number of carbonyl (C=O) groups excluding carboxylic acids is 2. The van der Waals surface area contributed by atoms with Crippen LogP contribution in [0.1, 0.15) is 33.9 Å². The molecule has 4 heteroatoms. The molecule has 1 aliphatic rings. The average Bonchev–Trinajstić information content (AvgIpc) is 3.06. The third kappa shape index (κ3) is 3.22. The van der Waals surface area contributed by atoms with Crippen LogP contribution in [0.5, 0.6) is 0 Å². The van der Waals surface area contributed by atoms with Crippen molar-refractivity contribution < 1.29 is 9.59 Å². The summed E-state index contributed by atoms with van der Waals surface area (Å²) >= 11 is 0. The lowest BCUT2D eigenvalue weighted by Crippen LogP contribution is -2.44. The number of aryl methyl sites for hydroxylation is 1. The summed E-state index contributed by atoms with van der Waals surface area (Å²) in [5.41, 5.74) is 3.32. The van der Waals surface area contributed by atoms with Crippen LogP contribution in [0.15, 0.2) is 84.9 Å². The molecule has 0 bridgehead atoms. The molecule has 0 aromatic heterocycles. The van der Waals surface area contributed by atoms with Gasteiger partial charge in [-0.3, -0.25) is 14.6 Å². The van der Waals surface area contributed by atoms with Crippen LogP contribution in [0, 0.1) is 6.92 Å². The summed E-state index contributed by atoms with van der Waals surface area (Å²) in [6.45, 7) is 1.93. The number of benzene rings is 3. The van der Waals surface area contributed by atoms with Crippen molar-refractivity contribution in [2.24, 2.45) is 0 Å². The zero-order valence-electron chi connectivity index (χ0n) is 15.1. The second-order valence-corrected chi connectivity index (χ2v) is 6.69. The summed E-state index contributed by atoms with van der Waals surface area (Å²) in [6, 6.07) is 26.6. The monoisotopic (exact) mass is 356 g/mol. The van der Waals surface area contributed by atoms with Crippen molar-refractivity contribution in [3.63, 3.8) is 0 Å². The molecule has 1 atom stereocenters. The third-order valence-electron chi connectivity index (χ3n) is 4.78. The first-order valence-electron chi connectivity index (χ1n) is 8.98. The minimum atomic E-state index is -0.300. The van der Waals surface area contributed by atoms with Gasteiger partial charge in [0.15, 0.2) is 0 Å². The van der Waals surface area contributed by atoms with E-state index in [1.165, 1.54) is 5.01 Å². The number of nitrogens with zero attached hydrogens (tertiary/aromatic N) is 2. The number of para-hydroxylation sites is 1. The van der Waals surface area contributed by atoms with E-state index >= 15 is 0 Å². The second kappa shape index (κ2) is 7.08. The van der Waals surface area contributed by atoms with Gasteiger partial charge < -0.3 is 0 Å². The second-order valence-electron chi connectivity index (χ2n) is 6.69. The van der Waals surface area contributed by atoms with Gasteiger partial charge >= 0.3 is 0 Å². The molecule has 1 saturated heterocycles. The number of amides is 2. The van der Waals surface area contributed by atoms with Crippen molar-refractivity contribution in [1.82, 2.24) is 5.01 Å². The van der Waals surface area contributed by atoms with E-state index in [1.807, 2.05) is 90.8 Å². The normalized spacial score (nSPS) is 16.6. The molecule has 4 rings (SSSR count). The maximum atomic E-state index is 13.2. The maximum Gasteiger partial charge on any atom is 0.279 e. The maximum absolute atomic E-state index is 13.2. The highest BCUT2D eigenvalue weighted by Gasteiger charge is 2.42. The molecule has 0 saturated carbocycles. The number of hydrogen-bond acceptors (Lipinski definition) is 3. The zero-order valence-corrected chi connectivity index (χ0v) is 15.1. The molecule has 27 heavy (non-hydrogen) atoms. The summed E-state index contributed by atoms with van der Waals surface area (Å²) in [4.78, 5) is 26.1. The molecule has 0 N–H and O–H groups in total. The van der Waals surface area contributed by atoms with Gasteiger partial charge in [0, 0.05) is 5.56 Å². The Bertz CT molecular complexity index is 970. The van der Waals surface area contributed by atoms with E-state index in [9.17, 15) is 9.59 Å². The lowest BCUT2D eigenvalue weighted by molar-refractivity contribution is -0.125. The quantitative estimate of drug-likeness (QED) is 0.647. The molecule has 3 aromatic rings. The Kier molecular flexibility index (Phi) is 4.47. The number of hydrazine groups is 1. The molecule has 134 valence electrons. The van der Waals surface area contributed by atoms with Crippen LogP contribution in [-0.2, 0) is 4.79 Å². The topological polar surface area (TPSA) is 40.6 Å². The smallest absolute Gasteiger partial charge is 0.272 e. The van der Waals surface area contributed by atoms with Crippen LogP contribution in [0.2, 0.25) is 0 Å². The Hall–Kier alpha value is -3.40. The highest BCUT2D eigenvalue weighted by atomic mass is 16.2. The van der Waals surface area contributed by atoms with Gasteiger partial charge in [-0.15, -0.1) is 0 Å². The zero-order chi connectivity index (χ0) is 18.8. The van der Waals surface area contributed by atoms with Crippen molar-refractivity contribution in [3.8, 4) is 0 Å². The Morgan fingerprint density at radius 3 is 2.22 bits per heavy atom. The van der Waals surface area contributed by atoms with E-state index in [0.717, 1.165) is 16.8 Å². The highest BCUT2D eigenvalue weighted by molar-refractivity contribution is 6.07. The first-order chi connectivity index (χ1) is 13.1. The highest BCUT2D eigenvalue weighted by Crippen LogP contribution is 2.38. The molecular formula is C23H20N2O2. The Morgan fingerprint density at radius 2 is 1.56 bits per heavy atom. The summed E-state index contributed by atoms with van der Waals surface area (Å²) in [6.07, 6.45) is 0.260. The van der Waals surface area contributed by atoms with Crippen molar-refractivity contribution >= 4 is 17.5 Å². The van der Waals surface area contributed by atoms with E-state index in [1.54, 1.807) is 6.07 Å². The van der Waals surface area contributed by atoms with Crippen molar-refractivity contribution in [3.05, 3.63) is 102 Å². The number of hydrogen-bond donors (Lipinski definition) is 0. The SMILES string of the molecule is Cc1cccc(C(=O)N2C(=O)CC(c3ccccc3)N2c2ccccc2)c1. The van der Waals surface area contributed by atoms with Crippen molar-refractivity contribution in [2.75, 3.05) is 5.01 Å². The molecule has 1 fully saturated rings. The van der Waals surface area contributed by atoms with Gasteiger partial charge in [0.05, 0.1) is 18.2 Å². The van der Waals surface area contributed by atoms with Gasteiger partial charge in [0.1, 0.15) is 0 Å². The van der Waals surface area contributed by atoms with Crippen LogP contribution >= 0.6 is 0 Å². The van der Waals surface area contributed by atoms with Crippen LogP contribution in [0.4, 0.5) is 5.69 Å². The Labute approximate surface area is 158 Å². The van der Waals surface area contributed by atoms with Gasteiger partial charge in [0.2, 0.25) is 0 Å². The molecule has 0 radical (unpaired) electrons. The predicted octanol–water partition coefficient (Wildman–Crippen LogP) is 4.53. The number of rotatable bonds is 3. The van der Waals surface area contributed by atoms with Gasteiger partial charge in [-0.1, -0.05) is 66.2 Å². The Balaban J connectivity index is 1.79. The number of anilines is 1. The molecule has 0 aliphatic carbocycles. The summed E-state index contributed by atoms with van der Waals surface area (Å²) < 4.78 is 0. The van der Waals surface area contributed by atoms with Crippen LogP contribution in [0.25, 0.3) is 0 Å². The van der Waals surface area contributed by atoms with Crippen molar-refractivity contribution in [1.29, 1.82) is 0 Å². The van der Waals surface area contributed by atoms with Crippen LogP contribution in [-0.4, -0.2) is 16.8 Å².